The summed E-state index contributed by atoms with van der Waals surface area (Å²) in [5.74, 6) is 0.136. The third-order valence-electron chi connectivity index (χ3n) is 3.14. The average Bonchev–Trinajstić information content (AvgIpc) is 3.06. The molecule has 0 bridgehead atoms. The Morgan fingerprint density at radius 1 is 0.947 bits per heavy atom. The summed E-state index contributed by atoms with van der Waals surface area (Å²) >= 11 is 9.63. The topological polar surface area (TPSA) is 31.6 Å². The lowest BCUT2D eigenvalue weighted by molar-refractivity contribution is 0.893. The van der Waals surface area contributed by atoms with E-state index in [9.17, 15) is 0 Å². The van der Waals surface area contributed by atoms with Crippen molar-refractivity contribution < 1.29 is 0 Å². The second kappa shape index (κ2) is 5.27. The number of H-pyrrole nitrogens is 2. The lowest BCUT2D eigenvalue weighted by Crippen LogP contribution is -2.05. The Balaban J connectivity index is 2.14. The zero-order chi connectivity index (χ0) is 13.2. The Labute approximate surface area is 124 Å². The predicted molar refractivity (Wildman–Crippen MR) is 81.7 cm³/mol. The molecule has 0 radical (unpaired) electrons. The Morgan fingerprint density at radius 2 is 1.58 bits per heavy atom. The van der Waals surface area contributed by atoms with Gasteiger partial charge in [0.25, 0.3) is 0 Å². The van der Waals surface area contributed by atoms with E-state index >= 15 is 0 Å². The Hall–Kier alpha value is -1.45. The number of rotatable bonds is 3. The van der Waals surface area contributed by atoms with Crippen molar-refractivity contribution in [3.63, 3.8) is 0 Å². The standard InChI is InChI=1S/C15H12BrClN2/c16-12-9-10(17)5-6-11(12)15(13-3-1-7-18-13)14-4-2-8-19-14/h1-9,15,18-19H. The minimum Gasteiger partial charge on any atom is -0.364 e. The molecule has 0 saturated carbocycles. The summed E-state index contributed by atoms with van der Waals surface area (Å²) in [6, 6.07) is 14.1. The van der Waals surface area contributed by atoms with Gasteiger partial charge in [0, 0.05) is 33.3 Å². The van der Waals surface area contributed by atoms with Crippen LogP contribution >= 0.6 is 27.5 Å². The first-order valence-electron chi connectivity index (χ1n) is 5.97. The molecule has 0 aliphatic carbocycles. The minimum absolute atomic E-state index is 0.136. The van der Waals surface area contributed by atoms with Crippen LogP contribution in [-0.2, 0) is 0 Å². The minimum atomic E-state index is 0.136. The summed E-state index contributed by atoms with van der Waals surface area (Å²) in [6.07, 6.45) is 3.88. The second-order valence-electron chi connectivity index (χ2n) is 4.35. The van der Waals surface area contributed by atoms with Crippen molar-refractivity contribution in [3.05, 3.63) is 81.3 Å². The maximum absolute atomic E-state index is 6.03. The number of hydrogen-bond donors (Lipinski definition) is 2. The van der Waals surface area contributed by atoms with Crippen LogP contribution in [0.2, 0.25) is 5.02 Å². The van der Waals surface area contributed by atoms with Gasteiger partial charge in [0.1, 0.15) is 0 Å². The number of benzene rings is 1. The highest BCUT2D eigenvalue weighted by Crippen LogP contribution is 2.35. The van der Waals surface area contributed by atoms with Gasteiger partial charge in [-0.05, 0) is 42.0 Å². The van der Waals surface area contributed by atoms with Crippen molar-refractivity contribution in [2.24, 2.45) is 0 Å². The van der Waals surface area contributed by atoms with Crippen LogP contribution in [0, 0.1) is 0 Å². The molecule has 0 fully saturated rings. The fraction of sp³-hybridized carbons (Fsp3) is 0.0667. The van der Waals surface area contributed by atoms with Crippen LogP contribution in [-0.4, -0.2) is 9.97 Å². The SMILES string of the molecule is Clc1ccc(C(c2ccc[nH]2)c2ccc[nH]2)c(Br)c1. The van der Waals surface area contributed by atoms with Gasteiger partial charge in [-0.1, -0.05) is 33.6 Å². The molecule has 3 rings (SSSR count). The molecule has 2 heterocycles. The van der Waals surface area contributed by atoms with E-state index in [2.05, 4.69) is 44.1 Å². The monoisotopic (exact) mass is 334 g/mol. The number of hydrogen-bond acceptors (Lipinski definition) is 0. The van der Waals surface area contributed by atoms with E-state index in [0.717, 1.165) is 20.9 Å². The number of aromatic nitrogens is 2. The van der Waals surface area contributed by atoms with Gasteiger partial charge >= 0.3 is 0 Å². The molecular formula is C15H12BrClN2. The molecule has 0 aliphatic rings. The van der Waals surface area contributed by atoms with Crippen LogP contribution in [0.15, 0.2) is 59.3 Å². The van der Waals surface area contributed by atoms with E-state index in [1.807, 2.05) is 36.7 Å². The van der Waals surface area contributed by atoms with Crippen molar-refractivity contribution in [2.75, 3.05) is 0 Å². The lowest BCUT2D eigenvalue weighted by Gasteiger charge is -2.17. The Morgan fingerprint density at radius 3 is 2.05 bits per heavy atom. The van der Waals surface area contributed by atoms with Gasteiger partial charge in [0.05, 0.1) is 5.92 Å². The molecule has 0 unspecified atom stereocenters. The Bertz CT molecular complexity index is 625. The third-order valence-corrected chi connectivity index (χ3v) is 4.06. The van der Waals surface area contributed by atoms with Crippen molar-refractivity contribution in [1.29, 1.82) is 0 Å². The van der Waals surface area contributed by atoms with Crippen molar-refractivity contribution in [2.45, 2.75) is 5.92 Å². The van der Waals surface area contributed by atoms with Crippen LogP contribution in [0.5, 0.6) is 0 Å². The lowest BCUT2D eigenvalue weighted by atomic mass is 9.93. The van der Waals surface area contributed by atoms with Crippen molar-refractivity contribution in [1.82, 2.24) is 9.97 Å². The third kappa shape index (κ3) is 2.48. The van der Waals surface area contributed by atoms with Gasteiger partial charge in [0.2, 0.25) is 0 Å². The molecule has 2 N–H and O–H groups in total. The first-order chi connectivity index (χ1) is 9.25. The van der Waals surface area contributed by atoms with Gasteiger partial charge in [-0.15, -0.1) is 0 Å². The van der Waals surface area contributed by atoms with Gasteiger partial charge in [-0.3, -0.25) is 0 Å². The summed E-state index contributed by atoms with van der Waals surface area (Å²) in [5, 5.41) is 0.729. The molecule has 0 saturated heterocycles. The molecule has 1 aromatic carbocycles. The molecular weight excluding hydrogens is 324 g/mol. The molecule has 96 valence electrons. The molecule has 0 atom stereocenters. The summed E-state index contributed by atoms with van der Waals surface area (Å²) in [5.41, 5.74) is 3.46. The van der Waals surface area contributed by atoms with Gasteiger partial charge in [-0.2, -0.15) is 0 Å². The van der Waals surface area contributed by atoms with Crippen molar-refractivity contribution in [3.8, 4) is 0 Å². The zero-order valence-corrected chi connectivity index (χ0v) is 12.4. The van der Waals surface area contributed by atoms with Gasteiger partial charge in [-0.25, -0.2) is 0 Å². The number of aromatic amines is 2. The molecule has 4 heteroatoms. The fourth-order valence-corrected chi connectivity index (χ4v) is 3.20. The number of halogens is 2. The van der Waals surface area contributed by atoms with Crippen LogP contribution < -0.4 is 0 Å². The van der Waals surface area contributed by atoms with E-state index in [0.29, 0.717) is 0 Å². The second-order valence-corrected chi connectivity index (χ2v) is 5.64. The van der Waals surface area contributed by atoms with Crippen LogP contribution in [0.1, 0.15) is 22.9 Å². The van der Waals surface area contributed by atoms with E-state index in [-0.39, 0.29) is 5.92 Å². The average molecular weight is 336 g/mol. The van der Waals surface area contributed by atoms with Crippen molar-refractivity contribution >= 4 is 27.5 Å². The molecule has 0 amide bonds. The highest BCUT2D eigenvalue weighted by Gasteiger charge is 2.20. The Kier molecular flexibility index (Phi) is 3.49. The van der Waals surface area contributed by atoms with E-state index in [1.165, 1.54) is 5.56 Å². The van der Waals surface area contributed by atoms with Crippen LogP contribution in [0.3, 0.4) is 0 Å². The molecule has 19 heavy (non-hydrogen) atoms. The summed E-state index contributed by atoms with van der Waals surface area (Å²) in [6.45, 7) is 0. The van der Waals surface area contributed by atoms with Crippen LogP contribution in [0.4, 0.5) is 0 Å². The summed E-state index contributed by atoms with van der Waals surface area (Å²) in [4.78, 5) is 6.58. The van der Waals surface area contributed by atoms with E-state index in [1.54, 1.807) is 0 Å². The number of nitrogens with one attached hydrogen (secondary N) is 2. The highest BCUT2D eigenvalue weighted by molar-refractivity contribution is 9.10. The fourth-order valence-electron chi connectivity index (χ4n) is 2.29. The smallest absolute Gasteiger partial charge is 0.0652 e. The predicted octanol–water partition coefficient (Wildman–Crippen LogP) is 4.94. The van der Waals surface area contributed by atoms with Gasteiger partial charge in [0.15, 0.2) is 0 Å². The molecule has 2 aromatic heterocycles. The first kappa shape index (κ1) is 12.6. The largest absolute Gasteiger partial charge is 0.364 e. The molecule has 3 aromatic rings. The first-order valence-corrected chi connectivity index (χ1v) is 7.14. The molecule has 2 nitrogen and oxygen atoms in total. The normalized spacial score (nSPS) is 11.1. The summed E-state index contributed by atoms with van der Waals surface area (Å²) in [7, 11) is 0. The van der Waals surface area contributed by atoms with Gasteiger partial charge < -0.3 is 9.97 Å². The zero-order valence-electron chi connectivity index (χ0n) is 10.0. The quantitative estimate of drug-likeness (QED) is 0.679. The summed E-state index contributed by atoms with van der Waals surface area (Å²) < 4.78 is 1.01. The highest BCUT2D eigenvalue weighted by atomic mass is 79.9. The van der Waals surface area contributed by atoms with E-state index < -0.39 is 0 Å². The maximum atomic E-state index is 6.03. The molecule has 0 aliphatic heterocycles. The maximum Gasteiger partial charge on any atom is 0.0652 e. The van der Waals surface area contributed by atoms with E-state index in [4.69, 9.17) is 11.6 Å². The van der Waals surface area contributed by atoms with Crippen LogP contribution in [0.25, 0.3) is 0 Å². The molecule has 0 spiro atoms.